The van der Waals surface area contributed by atoms with E-state index >= 15 is 0 Å². The van der Waals surface area contributed by atoms with Gasteiger partial charge in [0.15, 0.2) is 0 Å². The molecule has 0 N–H and O–H groups in total. The van der Waals surface area contributed by atoms with Crippen LogP contribution in [0.1, 0.15) is 31.1 Å². The molecule has 8 heteroatoms. The number of hydroxylamine groups is 2. The lowest BCUT2D eigenvalue weighted by Gasteiger charge is -2.13. The molecule has 0 fully saturated rings. The summed E-state index contributed by atoms with van der Waals surface area (Å²) in [6, 6.07) is 6.22. The highest BCUT2D eigenvalue weighted by molar-refractivity contribution is 6.21. The monoisotopic (exact) mass is 321 g/mol. The Kier molecular flexibility index (Phi) is 3.36. The van der Waals surface area contributed by atoms with Crippen molar-refractivity contribution in [1.29, 1.82) is 0 Å². The van der Waals surface area contributed by atoms with Crippen LogP contribution < -0.4 is 0 Å². The number of halogens is 3. The molecule has 2 aromatic carbocycles. The van der Waals surface area contributed by atoms with Crippen molar-refractivity contribution in [3.8, 4) is 0 Å². The molecular weight excluding hydrogens is 315 g/mol. The van der Waals surface area contributed by atoms with Crippen LogP contribution >= 0.6 is 0 Å². The van der Waals surface area contributed by atoms with Gasteiger partial charge in [-0.05, 0) is 12.1 Å². The van der Waals surface area contributed by atoms with E-state index in [2.05, 4.69) is 4.84 Å². The Balaban J connectivity index is 1.91. The van der Waals surface area contributed by atoms with Crippen molar-refractivity contribution in [2.24, 2.45) is 0 Å². The van der Waals surface area contributed by atoms with Crippen LogP contribution in [-0.4, -0.2) is 22.8 Å². The minimum Gasteiger partial charge on any atom is -0.324 e. The first-order valence-corrected chi connectivity index (χ1v) is 6.25. The molecule has 1 aliphatic rings. The van der Waals surface area contributed by atoms with Crippen LogP contribution in [0.25, 0.3) is 0 Å². The third-order valence-electron chi connectivity index (χ3n) is 3.14. The van der Waals surface area contributed by atoms with Crippen LogP contribution in [-0.2, 0) is 4.84 Å². The molecule has 0 unspecified atom stereocenters. The van der Waals surface area contributed by atoms with Gasteiger partial charge in [0.05, 0.1) is 11.1 Å². The minimum atomic E-state index is -1.63. The number of nitrogens with zero attached hydrogens (tertiary/aromatic N) is 1. The van der Waals surface area contributed by atoms with E-state index in [1.165, 1.54) is 24.3 Å². The Bertz CT molecular complexity index is 808. The molecule has 3 rings (SSSR count). The summed E-state index contributed by atoms with van der Waals surface area (Å²) in [7, 11) is 0. The van der Waals surface area contributed by atoms with E-state index in [1.54, 1.807) is 0 Å². The molecule has 0 aromatic heterocycles. The molecular formula is C15H6F3NO4. The molecule has 0 saturated carbocycles. The molecule has 23 heavy (non-hydrogen) atoms. The Morgan fingerprint density at radius 1 is 0.913 bits per heavy atom. The Hall–Kier alpha value is -3.16. The summed E-state index contributed by atoms with van der Waals surface area (Å²) in [4.78, 5) is 40.3. The number of imide groups is 1. The highest BCUT2D eigenvalue weighted by Crippen LogP contribution is 2.24. The van der Waals surface area contributed by atoms with Crippen molar-refractivity contribution in [1.82, 2.24) is 5.06 Å². The zero-order chi connectivity index (χ0) is 16.7. The van der Waals surface area contributed by atoms with E-state index in [-0.39, 0.29) is 28.3 Å². The van der Waals surface area contributed by atoms with Crippen LogP contribution in [0.4, 0.5) is 13.2 Å². The molecule has 0 spiro atoms. The number of benzene rings is 2. The zero-order valence-corrected chi connectivity index (χ0v) is 11.2. The lowest BCUT2D eigenvalue weighted by atomic mass is 10.1. The summed E-state index contributed by atoms with van der Waals surface area (Å²) in [5, 5.41) is 0.106. The second-order valence-corrected chi connectivity index (χ2v) is 4.57. The van der Waals surface area contributed by atoms with Gasteiger partial charge in [0, 0.05) is 12.1 Å². The summed E-state index contributed by atoms with van der Waals surface area (Å²) in [6.45, 7) is 0. The predicted molar refractivity (Wildman–Crippen MR) is 68.7 cm³/mol. The molecule has 2 aromatic rings. The van der Waals surface area contributed by atoms with Crippen molar-refractivity contribution >= 4 is 17.8 Å². The maximum atomic E-state index is 13.5. The molecule has 5 nitrogen and oxygen atoms in total. The third-order valence-corrected chi connectivity index (χ3v) is 3.14. The maximum Gasteiger partial charge on any atom is 0.369 e. The van der Waals surface area contributed by atoms with Gasteiger partial charge in [-0.25, -0.2) is 18.0 Å². The smallest absolute Gasteiger partial charge is 0.324 e. The first-order chi connectivity index (χ1) is 10.9. The fraction of sp³-hybridized carbons (Fsp3) is 0. The van der Waals surface area contributed by atoms with Gasteiger partial charge in [-0.3, -0.25) is 9.59 Å². The number of carbonyl (C=O) groups excluding carboxylic acids is 3. The molecule has 2 amide bonds. The van der Waals surface area contributed by atoms with Gasteiger partial charge in [0.2, 0.25) is 0 Å². The maximum absolute atomic E-state index is 13.5. The van der Waals surface area contributed by atoms with Crippen molar-refractivity contribution in [2.45, 2.75) is 0 Å². The third kappa shape index (κ3) is 2.33. The fourth-order valence-electron chi connectivity index (χ4n) is 2.12. The minimum absolute atomic E-state index is 0.00894. The average Bonchev–Trinajstić information content (AvgIpc) is 2.72. The van der Waals surface area contributed by atoms with Crippen LogP contribution in [0.3, 0.4) is 0 Å². The van der Waals surface area contributed by atoms with Crippen molar-refractivity contribution < 1.29 is 32.4 Å². The zero-order valence-electron chi connectivity index (χ0n) is 11.2. The molecule has 0 radical (unpaired) electrons. The first-order valence-electron chi connectivity index (χ1n) is 6.25. The van der Waals surface area contributed by atoms with E-state index in [9.17, 15) is 27.6 Å². The van der Waals surface area contributed by atoms with Crippen molar-refractivity contribution in [3.63, 3.8) is 0 Å². The number of rotatable bonds is 2. The molecule has 1 heterocycles. The summed E-state index contributed by atoms with van der Waals surface area (Å²) >= 11 is 0. The Labute approximate surface area is 126 Å². The van der Waals surface area contributed by atoms with Crippen molar-refractivity contribution in [3.05, 3.63) is 70.5 Å². The molecule has 116 valence electrons. The van der Waals surface area contributed by atoms with Gasteiger partial charge < -0.3 is 4.84 Å². The first kappa shape index (κ1) is 14.8. The van der Waals surface area contributed by atoms with E-state index in [0.717, 1.165) is 0 Å². The summed E-state index contributed by atoms with van der Waals surface area (Å²) in [6.07, 6.45) is 0. The molecule has 0 saturated heterocycles. The van der Waals surface area contributed by atoms with Gasteiger partial charge in [-0.15, -0.1) is 0 Å². The molecule has 0 aliphatic carbocycles. The summed E-state index contributed by atoms with van der Waals surface area (Å²) in [5.74, 6) is -7.76. The van der Waals surface area contributed by atoms with E-state index in [1.807, 2.05) is 0 Å². The lowest BCUT2D eigenvalue weighted by molar-refractivity contribution is -0.0590. The van der Waals surface area contributed by atoms with E-state index in [0.29, 0.717) is 0 Å². The topological polar surface area (TPSA) is 63.7 Å². The van der Waals surface area contributed by atoms with Gasteiger partial charge in [0.25, 0.3) is 11.8 Å². The van der Waals surface area contributed by atoms with Gasteiger partial charge in [0.1, 0.15) is 23.0 Å². The fourth-order valence-corrected chi connectivity index (χ4v) is 2.12. The molecule has 0 bridgehead atoms. The second kappa shape index (κ2) is 5.24. The van der Waals surface area contributed by atoms with Gasteiger partial charge in [-0.2, -0.15) is 0 Å². The average molecular weight is 321 g/mol. The highest BCUT2D eigenvalue weighted by atomic mass is 19.1. The predicted octanol–water partition coefficient (Wildman–Crippen LogP) is 2.47. The summed E-state index contributed by atoms with van der Waals surface area (Å²) in [5.41, 5.74) is -1.22. The standard InChI is InChI=1S/C15H6F3NO4/c16-7-5-10(17)12(11(18)6-7)15(22)23-19-13(20)8-3-1-2-4-9(8)14(19)21/h1-6H. The lowest BCUT2D eigenvalue weighted by Crippen LogP contribution is -2.33. The number of fused-ring (bicyclic) bond motifs is 1. The number of hydrogen-bond donors (Lipinski definition) is 0. The van der Waals surface area contributed by atoms with Crippen LogP contribution in [0.15, 0.2) is 36.4 Å². The molecule has 0 atom stereocenters. The normalized spacial score (nSPS) is 13.3. The second-order valence-electron chi connectivity index (χ2n) is 4.57. The number of carbonyl (C=O) groups is 3. The van der Waals surface area contributed by atoms with E-state index < -0.39 is 40.8 Å². The van der Waals surface area contributed by atoms with Gasteiger partial charge >= 0.3 is 5.97 Å². The van der Waals surface area contributed by atoms with Crippen LogP contribution in [0.2, 0.25) is 0 Å². The quantitative estimate of drug-likeness (QED) is 0.797. The Morgan fingerprint density at radius 2 is 1.39 bits per heavy atom. The van der Waals surface area contributed by atoms with Gasteiger partial charge in [-0.1, -0.05) is 17.2 Å². The molecule has 1 aliphatic heterocycles. The number of hydrogen-bond acceptors (Lipinski definition) is 4. The summed E-state index contributed by atoms with van der Waals surface area (Å²) < 4.78 is 39.9. The number of amides is 2. The largest absolute Gasteiger partial charge is 0.369 e. The van der Waals surface area contributed by atoms with Crippen molar-refractivity contribution in [2.75, 3.05) is 0 Å². The van der Waals surface area contributed by atoms with Crippen LogP contribution in [0, 0.1) is 17.5 Å². The Morgan fingerprint density at radius 3 is 1.87 bits per heavy atom. The highest BCUT2D eigenvalue weighted by Gasteiger charge is 2.39. The van der Waals surface area contributed by atoms with E-state index in [4.69, 9.17) is 0 Å². The van der Waals surface area contributed by atoms with Crippen LogP contribution in [0.5, 0.6) is 0 Å². The SMILES string of the molecule is O=C(ON1C(=O)c2ccccc2C1=O)c1c(F)cc(F)cc1F.